The van der Waals surface area contributed by atoms with Crippen molar-refractivity contribution in [3.63, 3.8) is 0 Å². The van der Waals surface area contributed by atoms with Crippen LogP contribution in [0.4, 0.5) is 0 Å². The van der Waals surface area contributed by atoms with Gasteiger partial charge in [0.2, 0.25) is 0 Å². The molecule has 0 radical (unpaired) electrons. The lowest BCUT2D eigenvalue weighted by atomic mass is 10.1. The van der Waals surface area contributed by atoms with Crippen molar-refractivity contribution in [2.24, 2.45) is 0 Å². The summed E-state index contributed by atoms with van der Waals surface area (Å²) < 4.78 is 4.71. The number of rotatable bonds is 5. The van der Waals surface area contributed by atoms with Gasteiger partial charge in [0.25, 0.3) is 0 Å². The van der Waals surface area contributed by atoms with Crippen LogP contribution < -0.4 is 0 Å². The molecule has 1 aromatic rings. The topological polar surface area (TPSA) is 60.4 Å². The second-order valence-electron chi connectivity index (χ2n) is 4.09. The zero-order chi connectivity index (χ0) is 15.1. The number of hydrogen-bond acceptors (Lipinski definition) is 6. The SMILES string of the molecule is COC(=O)c1cc(CSC(C)=O)cc(CSC(C)=O)c1. The third-order valence-corrected chi connectivity index (χ3v) is 4.13. The van der Waals surface area contributed by atoms with E-state index in [9.17, 15) is 14.4 Å². The lowest BCUT2D eigenvalue weighted by Crippen LogP contribution is -2.03. The maximum Gasteiger partial charge on any atom is 0.337 e. The molecule has 0 heterocycles. The van der Waals surface area contributed by atoms with E-state index in [0.717, 1.165) is 11.1 Å². The maximum atomic E-state index is 11.6. The summed E-state index contributed by atoms with van der Waals surface area (Å²) in [6.45, 7) is 3.00. The van der Waals surface area contributed by atoms with E-state index in [0.29, 0.717) is 17.1 Å². The molecule has 0 fully saturated rings. The number of hydrogen-bond donors (Lipinski definition) is 0. The highest BCUT2D eigenvalue weighted by Gasteiger charge is 2.10. The van der Waals surface area contributed by atoms with Crippen LogP contribution in [0.1, 0.15) is 35.3 Å². The molecule has 0 atom stereocenters. The molecule has 0 unspecified atom stereocenters. The number of esters is 1. The largest absolute Gasteiger partial charge is 0.465 e. The van der Waals surface area contributed by atoms with Gasteiger partial charge in [-0.15, -0.1) is 0 Å². The van der Waals surface area contributed by atoms with Crippen LogP contribution in [0.5, 0.6) is 0 Å². The molecule has 4 nitrogen and oxygen atoms in total. The quantitative estimate of drug-likeness (QED) is 0.779. The smallest absolute Gasteiger partial charge is 0.337 e. The first-order valence-corrected chi connectivity index (χ1v) is 7.87. The van der Waals surface area contributed by atoms with Crippen molar-refractivity contribution >= 4 is 39.7 Å². The highest BCUT2D eigenvalue weighted by atomic mass is 32.2. The number of benzene rings is 1. The van der Waals surface area contributed by atoms with Crippen LogP contribution in [0.3, 0.4) is 0 Å². The average molecular weight is 312 g/mol. The Balaban J connectivity index is 2.97. The van der Waals surface area contributed by atoms with Crippen molar-refractivity contribution < 1.29 is 19.1 Å². The molecule has 0 N–H and O–H groups in total. The van der Waals surface area contributed by atoms with Gasteiger partial charge in [0.15, 0.2) is 10.2 Å². The number of carbonyl (C=O) groups excluding carboxylic acids is 3. The first kappa shape index (κ1) is 16.8. The predicted octanol–water partition coefficient (Wildman–Crippen LogP) is 3.03. The van der Waals surface area contributed by atoms with E-state index in [4.69, 9.17) is 4.74 Å². The van der Waals surface area contributed by atoms with Crippen LogP contribution in [0.2, 0.25) is 0 Å². The Hall–Kier alpha value is -1.27. The molecule has 0 amide bonds. The molecule has 0 saturated heterocycles. The van der Waals surface area contributed by atoms with E-state index in [2.05, 4.69) is 0 Å². The molecule has 0 saturated carbocycles. The first-order chi connectivity index (χ1) is 9.42. The Kier molecular flexibility index (Phi) is 6.81. The van der Waals surface area contributed by atoms with Gasteiger partial charge in [-0.1, -0.05) is 29.6 Å². The second kappa shape index (κ2) is 8.11. The third kappa shape index (κ3) is 5.79. The van der Waals surface area contributed by atoms with Crippen LogP contribution >= 0.6 is 23.5 Å². The third-order valence-electron chi connectivity index (χ3n) is 2.36. The highest BCUT2D eigenvalue weighted by molar-refractivity contribution is 8.13. The van der Waals surface area contributed by atoms with Gasteiger partial charge in [-0.05, 0) is 23.3 Å². The monoisotopic (exact) mass is 312 g/mol. The van der Waals surface area contributed by atoms with Crippen molar-refractivity contribution in [2.45, 2.75) is 25.4 Å². The number of methoxy groups -OCH3 is 1. The summed E-state index contributed by atoms with van der Waals surface area (Å²) in [4.78, 5) is 33.7. The normalized spacial score (nSPS) is 10.2. The van der Waals surface area contributed by atoms with E-state index >= 15 is 0 Å². The summed E-state index contributed by atoms with van der Waals surface area (Å²) in [5.74, 6) is 0.573. The minimum Gasteiger partial charge on any atom is -0.465 e. The Labute approximate surface area is 126 Å². The molecule has 6 heteroatoms. The van der Waals surface area contributed by atoms with Gasteiger partial charge < -0.3 is 4.74 Å². The van der Waals surface area contributed by atoms with Crippen molar-refractivity contribution in [2.75, 3.05) is 7.11 Å². The van der Waals surface area contributed by atoms with Gasteiger partial charge in [0, 0.05) is 25.4 Å². The van der Waals surface area contributed by atoms with Crippen molar-refractivity contribution in [1.82, 2.24) is 0 Å². The molecule has 1 aromatic carbocycles. The zero-order valence-electron chi connectivity index (χ0n) is 11.6. The summed E-state index contributed by atoms with van der Waals surface area (Å²) in [7, 11) is 1.32. The molecule has 0 aromatic heterocycles. The fourth-order valence-electron chi connectivity index (χ4n) is 1.53. The highest BCUT2D eigenvalue weighted by Crippen LogP contribution is 2.21. The molecule has 0 bridgehead atoms. The van der Waals surface area contributed by atoms with Crippen LogP contribution in [0.25, 0.3) is 0 Å². The number of thioether (sulfide) groups is 2. The number of carbonyl (C=O) groups is 3. The van der Waals surface area contributed by atoms with E-state index in [1.807, 2.05) is 6.07 Å². The number of ether oxygens (including phenoxy) is 1. The fraction of sp³-hybridized carbons (Fsp3) is 0.357. The maximum absolute atomic E-state index is 11.6. The molecule has 0 aliphatic heterocycles. The Bertz CT molecular complexity index is 490. The van der Waals surface area contributed by atoms with Gasteiger partial charge in [0.1, 0.15) is 0 Å². The minimum absolute atomic E-state index is 0.0214. The van der Waals surface area contributed by atoms with Gasteiger partial charge >= 0.3 is 5.97 Å². The molecule has 0 aliphatic carbocycles. The van der Waals surface area contributed by atoms with E-state index < -0.39 is 5.97 Å². The Morgan fingerprint density at radius 1 is 0.950 bits per heavy atom. The van der Waals surface area contributed by atoms with Crippen LogP contribution in [0.15, 0.2) is 18.2 Å². The fourth-order valence-corrected chi connectivity index (χ4v) is 2.61. The predicted molar refractivity (Wildman–Crippen MR) is 81.7 cm³/mol. The van der Waals surface area contributed by atoms with E-state index in [1.54, 1.807) is 12.1 Å². The first-order valence-electron chi connectivity index (χ1n) is 5.90. The van der Waals surface area contributed by atoms with Crippen LogP contribution in [-0.4, -0.2) is 23.3 Å². The molecule has 108 valence electrons. The average Bonchev–Trinajstić information content (AvgIpc) is 2.41. The summed E-state index contributed by atoms with van der Waals surface area (Å²) in [6.07, 6.45) is 0. The molecule has 1 rings (SSSR count). The summed E-state index contributed by atoms with van der Waals surface area (Å²) in [5, 5.41) is 0.0428. The van der Waals surface area contributed by atoms with Gasteiger partial charge in [-0.25, -0.2) is 4.79 Å². The lowest BCUT2D eigenvalue weighted by Gasteiger charge is -2.07. The Morgan fingerprint density at radius 3 is 1.75 bits per heavy atom. The molecule has 0 aliphatic rings. The lowest BCUT2D eigenvalue weighted by molar-refractivity contribution is -0.109. The summed E-state index contributed by atoms with van der Waals surface area (Å²) >= 11 is 2.36. The molecular weight excluding hydrogens is 296 g/mol. The minimum atomic E-state index is -0.422. The molecular formula is C14H16O4S2. The second-order valence-corrected chi connectivity index (χ2v) is 6.39. The summed E-state index contributed by atoms with van der Waals surface area (Å²) in [6, 6.07) is 5.33. The van der Waals surface area contributed by atoms with Crippen molar-refractivity contribution in [3.8, 4) is 0 Å². The zero-order valence-corrected chi connectivity index (χ0v) is 13.2. The van der Waals surface area contributed by atoms with Crippen molar-refractivity contribution in [1.29, 1.82) is 0 Å². The Morgan fingerprint density at radius 2 is 1.40 bits per heavy atom. The van der Waals surface area contributed by atoms with Crippen LogP contribution in [0, 0.1) is 0 Å². The molecule has 0 spiro atoms. The van der Waals surface area contributed by atoms with Gasteiger partial charge in [-0.3, -0.25) is 9.59 Å². The van der Waals surface area contributed by atoms with E-state index in [1.165, 1.54) is 44.5 Å². The van der Waals surface area contributed by atoms with E-state index in [-0.39, 0.29) is 10.2 Å². The molecule has 20 heavy (non-hydrogen) atoms. The van der Waals surface area contributed by atoms with Gasteiger partial charge in [-0.2, -0.15) is 0 Å². The summed E-state index contributed by atoms with van der Waals surface area (Å²) in [5.41, 5.74) is 2.17. The van der Waals surface area contributed by atoms with Gasteiger partial charge in [0.05, 0.1) is 12.7 Å². The van der Waals surface area contributed by atoms with Crippen LogP contribution in [-0.2, 0) is 25.8 Å². The van der Waals surface area contributed by atoms with Crippen molar-refractivity contribution in [3.05, 3.63) is 34.9 Å². The standard InChI is InChI=1S/C14H16O4S2/c1-9(15)19-7-11-4-12(8-20-10(2)16)6-13(5-11)14(17)18-3/h4-6H,7-8H2,1-3H3.